The molecule has 0 heterocycles. The van der Waals surface area contributed by atoms with Gasteiger partial charge in [0, 0.05) is 12.1 Å². The lowest BCUT2D eigenvalue weighted by Gasteiger charge is -2.19. The SMILES string of the molecule is COc1ccc(/C=C/CCCCOc2ccc(N)cc2CCC(=O)OC(C)(C)C)cc1. The second-order valence-corrected chi connectivity index (χ2v) is 8.47. The molecule has 2 N–H and O–H groups in total. The zero-order chi connectivity index (χ0) is 22.7. The third kappa shape index (κ3) is 9.60. The van der Waals surface area contributed by atoms with Crippen LogP contribution < -0.4 is 15.2 Å². The third-order valence-electron chi connectivity index (χ3n) is 4.55. The van der Waals surface area contributed by atoms with Crippen LogP contribution in [0.3, 0.4) is 0 Å². The fraction of sp³-hybridized carbons (Fsp3) is 0.423. The lowest BCUT2D eigenvalue weighted by Crippen LogP contribution is -2.24. The summed E-state index contributed by atoms with van der Waals surface area (Å²) in [4.78, 5) is 12.0. The first kappa shape index (κ1) is 24.3. The number of anilines is 1. The molecular formula is C26H35NO4. The molecule has 2 rings (SSSR count). The van der Waals surface area contributed by atoms with E-state index in [1.54, 1.807) is 7.11 Å². The van der Waals surface area contributed by atoms with Gasteiger partial charge in [-0.1, -0.05) is 24.3 Å². The van der Waals surface area contributed by atoms with Crippen molar-refractivity contribution in [2.24, 2.45) is 0 Å². The number of carbonyl (C=O) groups is 1. The van der Waals surface area contributed by atoms with Crippen LogP contribution in [0.5, 0.6) is 11.5 Å². The Balaban J connectivity index is 1.74. The molecule has 0 unspecified atom stereocenters. The van der Waals surface area contributed by atoms with Gasteiger partial charge in [-0.05, 0) is 87.9 Å². The van der Waals surface area contributed by atoms with Crippen molar-refractivity contribution in [1.29, 1.82) is 0 Å². The monoisotopic (exact) mass is 425 g/mol. The molecule has 0 atom stereocenters. The number of methoxy groups -OCH3 is 1. The molecule has 0 aliphatic heterocycles. The molecule has 0 amide bonds. The van der Waals surface area contributed by atoms with Gasteiger partial charge in [-0.3, -0.25) is 4.79 Å². The molecule has 2 aromatic carbocycles. The van der Waals surface area contributed by atoms with Gasteiger partial charge in [-0.2, -0.15) is 0 Å². The number of benzene rings is 2. The highest BCUT2D eigenvalue weighted by molar-refractivity contribution is 5.70. The number of carbonyl (C=O) groups excluding carboxylic acids is 1. The summed E-state index contributed by atoms with van der Waals surface area (Å²) in [7, 11) is 1.67. The molecule has 2 aromatic rings. The van der Waals surface area contributed by atoms with E-state index >= 15 is 0 Å². The minimum atomic E-state index is -0.478. The van der Waals surface area contributed by atoms with E-state index in [4.69, 9.17) is 19.9 Å². The summed E-state index contributed by atoms with van der Waals surface area (Å²) >= 11 is 0. The molecule has 0 spiro atoms. The number of unbranched alkanes of at least 4 members (excludes halogenated alkanes) is 2. The smallest absolute Gasteiger partial charge is 0.306 e. The highest BCUT2D eigenvalue weighted by Gasteiger charge is 2.16. The summed E-state index contributed by atoms with van der Waals surface area (Å²) in [5.41, 5.74) is 8.20. The molecule has 0 saturated heterocycles. The van der Waals surface area contributed by atoms with Crippen LogP contribution in [0.1, 0.15) is 57.6 Å². The van der Waals surface area contributed by atoms with Crippen molar-refractivity contribution in [3.63, 3.8) is 0 Å². The molecule has 0 aromatic heterocycles. The van der Waals surface area contributed by atoms with Gasteiger partial charge in [-0.25, -0.2) is 0 Å². The minimum absolute atomic E-state index is 0.218. The van der Waals surface area contributed by atoms with Crippen molar-refractivity contribution in [2.75, 3.05) is 19.5 Å². The Labute approximate surface area is 186 Å². The maximum absolute atomic E-state index is 12.0. The molecular weight excluding hydrogens is 390 g/mol. The summed E-state index contributed by atoms with van der Waals surface area (Å²) in [5.74, 6) is 1.43. The Morgan fingerprint density at radius 1 is 1.06 bits per heavy atom. The number of hydrogen-bond donors (Lipinski definition) is 1. The van der Waals surface area contributed by atoms with Crippen LogP contribution in [-0.2, 0) is 16.0 Å². The fourth-order valence-electron chi connectivity index (χ4n) is 3.05. The number of nitrogen functional groups attached to an aromatic ring is 1. The van der Waals surface area contributed by atoms with Crippen LogP contribution in [-0.4, -0.2) is 25.3 Å². The molecule has 0 radical (unpaired) electrons. The zero-order valence-corrected chi connectivity index (χ0v) is 19.1. The topological polar surface area (TPSA) is 70.8 Å². The van der Waals surface area contributed by atoms with Gasteiger partial charge in [0.15, 0.2) is 0 Å². The van der Waals surface area contributed by atoms with Crippen LogP contribution in [0.2, 0.25) is 0 Å². The van der Waals surface area contributed by atoms with Crippen LogP contribution in [0.4, 0.5) is 5.69 Å². The Morgan fingerprint density at radius 2 is 1.81 bits per heavy atom. The molecule has 0 saturated carbocycles. The number of aryl methyl sites for hydroxylation is 1. The van der Waals surface area contributed by atoms with E-state index in [0.29, 0.717) is 25.1 Å². The minimum Gasteiger partial charge on any atom is -0.497 e. The van der Waals surface area contributed by atoms with Gasteiger partial charge < -0.3 is 19.9 Å². The van der Waals surface area contributed by atoms with Gasteiger partial charge >= 0.3 is 5.97 Å². The van der Waals surface area contributed by atoms with E-state index in [0.717, 1.165) is 41.9 Å². The van der Waals surface area contributed by atoms with Gasteiger partial charge in [0.1, 0.15) is 17.1 Å². The molecule has 0 fully saturated rings. The van der Waals surface area contributed by atoms with Gasteiger partial charge in [0.2, 0.25) is 0 Å². The van der Waals surface area contributed by atoms with Gasteiger partial charge in [-0.15, -0.1) is 0 Å². The molecule has 0 bridgehead atoms. The maximum atomic E-state index is 12.0. The maximum Gasteiger partial charge on any atom is 0.306 e. The quantitative estimate of drug-likeness (QED) is 0.279. The van der Waals surface area contributed by atoms with E-state index in [9.17, 15) is 4.79 Å². The van der Waals surface area contributed by atoms with E-state index in [-0.39, 0.29) is 5.97 Å². The third-order valence-corrected chi connectivity index (χ3v) is 4.55. The van der Waals surface area contributed by atoms with Crippen molar-refractivity contribution in [3.05, 3.63) is 59.7 Å². The predicted molar refractivity (Wildman–Crippen MR) is 126 cm³/mol. The lowest BCUT2D eigenvalue weighted by molar-refractivity contribution is -0.154. The van der Waals surface area contributed by atoms with E-state index in [1.807, 2.05) is 63.2 Å². The second kappa shape index (κ2) is 12.0. The summed E-state index contributed by atoms with van der Waals surface area (Å²) in [6.45, 7) is 6.23. The van der Waals surface area contributed by atoms with E-state index in [2.05, 4.69) is 12.2 Å². The average Bonchev–Trinajstić information content (AvgIpc) is 2.72. The second-order valence-electron chi connectivity index (χ2n) is 8.47. The summed E-state index contributed by atoms with van der Waals surface area (Å²) in [6, 6.07) is 13.6. The molecule has 0 aliphatic rings. The highest BCUT2D eigenvalue weighted by Crippen LogP contribution is 2.24. The first-order valence-corrected chi connectivity index (χ1v) is 10.8. The van der Waals surface area contributed by atoms with Crippen LogP contribution in [0.15, 0.2) is 48.5 Å². The van der Waals surface area contributed by atoms with Crippen LogP contribution in [0, 0.1) is 0 Å². The van der Waals surface area contributed by atoms with Crippen LogP contribution in [0.25, 0.3) is 6.08 Å². The van der Waals surface area contributed by atoms with Crippen molar-refractivity contribution in [2.45, 2.75) is 58.5 Å². The number of nitrogens with two attached hydrogens (primary N) is 1. The summed E-state index contributed by atoms with van der Waals surface area (Å²) in [5, 5.41) is 0. The standard InChI is InChI=1S/C26H35NO4/c1-26(2,3)31-25(28)17-12-21-19-22(27)13-16-24(21)30-18-8-6-5-7-9-20-10-14-23(29-4)15-11-20/h7,9-11,13-16,19H,5-6,8,12,17-18,27H2,1-4H3/b9-7+. The normalized spacial score (nSPS) is 11.5. The molecule has 31 heavy (non-hydrogen) atoms. The fourth-order valence-corrected chi connectivity index (χ4v) is 3.05. The van der Waals surface area contributed by atoms with Crippen molar-refractivity contribution in [1.82, 2.24) is 0 Å². The average molecular weight is 426 g/mol. The van der Waals surface area contributed by atoms with Crippen molar-refractivity contribution in [3.8, 4) is 11.5 Å². The zero-order valence-electron chi connectivity index (χ0n) is 19.1. The molecule has 5 nitrogen and oxygen atoms in total. The van der Waals surface area contributed by atoms with Gasteiger partial charge in [0.25, 0.3) is 0 Å². The lowest BCUT2D eigenvalue weighted by atomic mass is 10.1. The number of esters is 1. The Morgan fingerprint density at radius 3 is 2.48 bits per heavy atom. The van der Waals surface area contributed by atoms with E-state index < -0.39 is 5.60 Å². The molecule has 168 valence electrons. The molecule has 5 heteroatoms. The first-order chi connectivity index (χ1) is 14.8. The highest BCUT2D eigenvalue weighted by atomic mass is 16.6. The number of hydrogen-bond acceptors (Lipinski definition) is 5. The first-order valence-electron chi connectivity index (χ1n) is 10.8. The van der Waals surface area contributed by atoms with Crippen LogP contribution >= 0.6 is 0 Å². The molecule has 0 aliphatic carbocycles. The Kier molecular flexibility index (Phi) is 9.44. The number of allylic oxidation sites excluding steroid dienone is 1. The van der Waals surface area contributed by atoms with E-state index in [1.165, 1.54) is 0 Å². The number of rotatable bonds is 11. The van der Waals surface area contributed by atoms with Gasteiger partial charge in [0.05, 0.1) is 13.7 Å². The summed E-state index contributed by atoms with van der Waals surface area (Å²) in [6.07, 6.45) is 8.11. The largest absolute Gasteiger partial charge is 0.497 e. The summed E-state index contributed by atoms with van der Waals surface area (Å²) < 4.78 is 16.5. The Hall–Kier alpha value is -2.95. The van der Waals surface area contributed by atoms with Crippen molar-refractivity contribution < 1.29 is 19.0 Å². The Bertz CT molecular complexity index is 851. The number of ether oxygens (including phenoxy) is 3. The van der Waals surface area contributed by atoms with Crippen molar-refractivity contribution >= 4 is 17.7 Å². The predicted octanol–water partition coefficient (Wildman–Crippen LogP) is 5.81.